The fourth-order valence-electron chi connectivity index (χ4n) is 1.33. The molecule has 0 atom stereocenters. The molecule has 1 aromatic carbocycles. The van der Waals surface area contributed by atoms with Gasteiger partial charge in [0.1, 0.15) is 0 Å². The van der Waals surface area contributed by atoms with Crippen LogP contribution in [-0.2, 0) is 10.0 Å². The summed E-state index contributed by atoms with van der Waals surface area (Å²) in [7, 11) is -3.14. The van der Waals surface area contributed by atoms with E-state index in [-0.39, 0.29) is 5.25 Å². The zero-order valence-corrected chi connectivity index (χ0v) is 10.7. The molecular weight excluding hydrogens is 278 g/mol. The zero-order valence-electron chi connectivity index (χ0n) is 8.33. The van der Waals surface area contributed by atoms with Gasteiger partial charge >= 0.3 is 0 Å². The van der Waals surface area contributed by atoms with Crippen molar-refractivity contribution in [2.45, 2.75) is 25.0 Å². The van der Waals surface area contributed by atoms with Gasteiger partial charge in [-0.3, -0.25) is 4.72 Å². The molecule has 0 unspecified atom stereocenters. The van der Waals surface area contributed by atoms with Crippen LogP contribution in [0.1, 0.15) is 18.4 Å². The van der Waals surface area contributed by atoms with Gasteiger partial charge in [0, 0.05) is 10.2 Å². The number of nitrogens with one attached hydrogen (secondary N) is 1. The lowest BCUT2D eigenvalue weighted by Gasteiger charge is -2.08. The molecule has 0 bridgehead atoms. The fraction of sp³-hybridized carbons (Fsp3) is 0.400. The standard InChI is InChI=1S/C10H12BrNO2S/c1-7-6-8(2-5-10(7)11)12-15(13,14)9-3-4-9/h2,5-6,9,12H,3-4H2,1H3. The molecule has 1 aromatic rings. The highest BCUT2D eigenvalue weighted by atomic mass is 79.9. The molecule has 0 amide bonds. The number of hydrogen-bond acceptors (Lipinski definition) is 2. The average Bonchev–Trinajstić information content (AvgIpc) is 2.93. The first-order valence-corrected chi connectivity index (χ1v) is 7.11. The number of anilines is 1. The lowest BCUT2D eigenvalue weighted by atomic mass is 10.2. The van der Waals surface area contributed by atoms with Gasteiger partial charge < -0.3 is 0 Å². The molecule has 0 radical (unpaired) electrons. The van der Waals surface area contributed by atoms with Gasteiger partial charge in [-0.15, -0.1) is 0 Å². The van der Waals surface area contributed by atoms with Crippen molar-refractivity contribution in [2.24, 2.45) is 0 Å². The van der Waals surface area contributed by atoms with E-state index in [2.05, 4.69) is 20.7 Å². The first-order valence-electron chi connectivity index (χ1n) is 4.77. The summed E-state index contributed by atoms with van der Waals surface area (Å²) in [6.07, 6.45) is 1.57. The molecule has 0 saturated heterocycles. The Morgan fingerprint density at radius 3 is 2.60 bits per heavy atom. The molecule has 2 rings (SSSR count). The Hall–Kier alpha value is -0.550. The molecule has 1 N–H and O–H groups in total. The van der Waals surface area contributed by atoms with Crippen molar-refractivity contribution >= 4 is 31.6 Å². The molecular formula is C10H12BrNO2S. The molecule has 82 valence electrons. The smallest absolute Gasteiger partial charge is 0.235 e. The van der Waals surface area contributed by atoms with E-state index in [1.54, 1.807) is 6.07 Å². The topological polar surface area (TPSA) is 46.2 Å². The fourth-order valence-corrected chi connectivity index (χ4v) is 2.96. The van der Waals surface area contributed by atoms with Crippen molar-refractivity contribution < 1.29 is 8.42 Å². The van der Waals surface area contributed by atoms with Gasteiger partial charge in [0.05, 0.1) is 5.25 Å². The average molecular weight is 290 g/mol. The highest BCUT2D eigenvalue weighted by Gasteiger charge is 2.35. The van der Waals surface area contributed by atoms with Crippen LogP contribution >= 0.6 is 15.9 Å². The molecule has 0 aromatic heterocycles. The summed E-state index contributed by atoms with van der Waals surface area (Å²) in [5, 5.41) is -0.179. The number of benzene rings is 1. The lowest BCUT2D eigenvalue weighted by molar-refractivity contribution is 0.600. The summed E-state index contributed by atoms with van der Waals surface area (Å²) in [6.45, 7) is 1.93. The second-order valence-corrected chi connectivity index (χ2v) is 6.63. The van der Waals surface area contributed by atoms with Crippen LogP contribution in [0.25, 0.3) is 0 Å². The molecule has 1 aliphatic rings. The van der Waals surface area contributed by atoms with Crippen LogP contribution in [0.5, 0.6) is 0 Å². The van der Waals surface area contributed by atoms with E-state index in [1.165, 1.54) is 0 Å². The number of halogens is 1. The Balaban J connectivity index is 2.21. The van der Waals surface area contributed by atoms with E-state index in [1.807, 2.05) is 19.1 Å². The second kappa shape index (κ2) is 3.79. The van der Waals surface area contributed by atoms with E-state index >= 15 is 0 Å². The molecule has 1 saturated carbocycles. The Morgan fingerprint density at radius 1 is 1.40 bits per heavy atom. The summed E-state index contributed by atoms with van der Waals surface area (Å²) in [6, 6.07) is 5.43. The highest BCUT2D eigenvalue weighted by molar-refractivity contribution is 9.10. The number of rotatable bonds is 3. The third-order valence-electron chi connectivity index (χ3n) is 2.38. The first kappa shape index (κ1) is 11.0. The Bertz CT molecular complexity index is 480. The molecule has 1 fully saturated rings. The second-order valence-electron chi connectivity index (χ2n) is 3.81. The summed E-state index contributed by atoms with van der Waals surface area (Å²) >= 11 is 3.37. The summed E-state index contributed by atoms with van der Waals surface area (Å²) in [4.78, 5) is 0. The quantitative estimate of drug-likeness (QED) is 0.930. The first-order chi connectivity index (χ1) is 6.99. The molecule has 0 heterocycles. The SMILES string of the molecule is Cc1cc(NS(=O)(=O)C2CC2)ccc1Br. The minimum absolute atomic E-state index is 0.179. The zero-order chi connectivity index (χ0) is 11.1. The van der Waals surface area contributed by atoms with Crippen molar-refractivity contribution in [2.75, 3.05) is 4.72 Å². The van der Waals surface area contributed by atoms with E-state index in [0.29, 0.717) is 5.69 Å². The Labute approximate surface area is 98.1 Å². The van der Waals surface area contributed by atoms with Crippen molar-refractivity contribution in [1.82, 2.24) is 0 Å². The van der Waals surface area contributed by atoms with Gasteiger partial charge in [-0.1, -0.05) is 15.9 Å². The minimum atomic E-state index is -3.14. The van der Waals surface area contributed by atoms with Gasteiger partial charge in [-0.05, 0) is 43.5 Å². The Kier molecular flexibility index (Phi) is 2.77. The molecule has 0 aliphatic heterocycles. The van der Waals surface area contributed by atoms with Gasteiger partial charge in [-0.25, -0.2) is 8.42 Å². The highest BCUT2D eigenvalue weighted by Crippen LogP contribution is 2.30. The van der Waals surface area contributed by atoms with E-state index < -0.39 is 10.0 Å². The third-order valence-corrected chi connectivity index (χ3v) is 5.14. The summed E-state index contributed by atoms with van der Waals surface area (Å²) in [5.41, 5.74) is 1.66. The maximum absolute atomic E-state index is 11.6. The van der Waals surface area contributed by atoms with E-state index in [0.717, 1.165) is 22.9 Å². The van der Waals surface area contributed by atoms with Crippen LogP contribution in [0.4, 0.5) is 5.69 Å². The summed E-state index contributed by atoms with van der Waals surface area (Å²) in [5.74, 6) is 0. The molecule has 1 aliphatic carbocycles. The molecule has 3 nitrogen and oxygen atoms in total. The van der Waals surface area contributed by atoms with Crippen LogP contribution in [0.15, 0.2) is 22.7 Å². The van der Waals surface area contributed by atoms with Gasteiger partial charge in [0.2, 0.25) is 10.0 Å². The van der Waals surface area contributed by atoms with Crippen LogP contribution in [0.3, 0.4) is 0 Å². The number of sulfonamides is 1. The van der Waals surface area contributed by atoms with Crippen molar-refractivity contribution in [3.8, 4) is 0 Å². The predicted octanol–water partition coefficient (Wildman–Crippen LogP) is 2.66. The van der Waals surface area contributed by atoms with Crippen molar-refractivity contribution in [3.05, 3.63) is 28.2 Å². The number of aryl methyl sites for hydroxylation is 1. The molecule has 0 spiro atoms. The van der Waals surface area contributed by atoms with Crippen LogP contribution in [0.2, 0.25) is 0 Å². The summed E-state index contributed by atoms with van der Waals surface area (Å²) < 4.78 is 26.9. The monoisotopic (exact) mass is 289 g/mol. The number of hydrogen-bond donors (Lipinski definition) is 1. The van der Waals surface area contributed by atoms with E-state index in [4.69, 9.17) is 0 Å². The van der Waals surface area contributed by atoms with Crippen LogP contribution in [-0.4, -0.2) is 13.7 Å². The van der Waals surface area contributed by atoms with Crippen LogP contribution < -0.4 is 4.72 Å². The van der Waals surface area contributed by atoms with Crippen molar-refractivity contribution in [1.29, 1.82) is 0 Å². The maximum atomic E-state index is 11.6. The molecule has 15 heavy (non-hydrogen) atoms. The van der Waals surface area contributed by atoms with Crippen molar-refractivity contribution in [3.63, 3.8) is 0 Å². The minimum Gasteiger partial charge on any atom is -0.283 e. The normalized spacial score (nSPS) is 16.4. The third kappa shape index (κ3) is 2.52. The largest absolute Gasteiger partial charge is 0.283 e. The van der Waals surface area contributed by atoms with Gasteiger partial charge in [0.25, 0.3) is 0 Å². The van der Waals surface area contributed by atoms with Crippen LogP contribution in [0, 0.1) is 6.92 Å². The predicted molar refractivity (Wildman–Crippen MR) is 64.4 cm³/mol. The maximum Gasteiger partial charge on any atom is 0.235 e. The van der Waals surface area contributed by atoms with E-state index in [9.17, 15) is 8.42 Å². The van der Waals surface area contributed by atoms with Gasteiger partial charge in [-0.2, -0.15) is 0 Å². The Morgan fingerprint density at radius 2 is 2.07 bits per heavy atom. The molecule has 5 heteroatoms. The van der Waals surface area contributed by atoms with Gasteiger partial charge in [0.15, 0.2) is 0 Å². The lowest BCUT2D eigenvalue weighted by Crippen LogP contribution is -2.17.